The zero-order valence-corrected chi connectivity index (χ0v) is 8.55. The van der Waals surface area contributed by atoms with Crippen LogP contribution in [-0.4, -0.2) is 31.1 Å². The molecule has 0 aromatic heterocycles. The molecule has 0 saturated carbocycles. The van der Waals surface area contributed by atoms with Crippen LogP contribution in [0.5, 0.6) is 0 Å². The number of ether oxygens (including phenoxy) is 2. The van der Waals surface area contributed by atoms with E-state index >= 15 is 0 Å². The first kappa shape index (κ1) is 11.8. The number of aliphatic hydroxyl groups excluding tert-OH is 1. The number of methoxy groups -OCH3 is 1. The SMILES string of the molecule is COC(CC(=O)c1ccccc1)OCO. The Kier molecular flexibility index (Phi) is 4.97. The van der Waals surface area contributed by atoms with E-state index in [2.05, 4.69) is 0 Å². The van der Waals surface area contributed by atoms with Crippen molar-refractivity contribution in [2.24, 2.45) is 0 Å². The maximum Gasteiger partial charge on any atom is 0.167 e. The summed E-state index contributed by atoms with van der Waals surface area (Å²) < 4.78 is 9.68. The van der Waals surface area contributed by atoms with Crippen molar-refractivity contribution in [3.63, 3.8) is 0 Å². The number of benzene rings is 1. The Hall–Kier alpha value is -1.23. The van der Waals surface area contributed by atoms with Crippen molar-refractivity contribution < 1.29 is 19.4 Å². The third kappa shape index (κ3) is 3.79. The van der Waals surface area contributed by atoms with Crippen molar-refractivity contribution in [1.82, 2.24) is 0 Å². The van der Waals surface area contributed by atoms with E-state index in [1.165, 1.54) is 7.11 Å². The first-order valence-corrected chi connectivity index (χ1v) is 4.61. The van der Waals surface area contributed by atoms with Gasteiger partial charge in [0.05, 0.1) is 6.42 Å². The fourth-order valence-electron chi connectivity index (χ4n) is 1.19. The van der Waals surface area contributed by atoms with Crippen molar-refractivity contribution in [2.45, 2.75) is 12.7 Å². The summed E-state index contributed by atoms with van der Waals surface area (Å²) in [6.07, 6.45) is -0.594. The summed E-state index contributed by atoms with van der Waals surface area (Å²) >= 11 is 0. The number of rotatable bonds is 6. The third-order valence-electron chi connectivity index (χ3n) is 1.97. The molecular formula is C11H14O4. The van der Waals surface area contributed by atoms with E-state index in [4.69, 9.17) is 14.6 Å². The second-order valence-electron chi connectivity index (χ2n) is 2.95. The van der Waals surface area contributed by atoms with Crippen molar-refractivity contribution >= 4 is 5.78 Å². The molecule has 1 rings (SSSR count). The molecule has 1 aromatic carbocycles. The molecule has 0 heterocycles. The number of Topliss-reactive ketones (excluding diaryl/α,β-unsaturated/α-hetero) is 1. The fraction of sp³-hybridized carbons (Fsp3) is 0.364. The monoisotopic (exact) mass is 210 g/mol. The Labute approximate surface area is 88.4 Å². The molecule has 0 aliphatic heterocycles. The zero-order chi connectivity index (χ0) is 11.1. The van der Waals surface area contributed by atoms with Gasteiger partial charge in [-0.25, -0.2) is 0 Å². The molecule has 0 fully saturated rings. The van der Waals surface area contributed by atoms with Crippen LogP contribution >= 0.6 is 0 Å². The van der Waals surface area contributed by atoms with Gasteiger partial charge < -0.3 is 14.6 Å². The van der Waals surface area contributed by atoms with Gasteiger partial charge in [-0.2, -0.15) is 0 Å². The van der Waals surface area contributed by atoms with Gasteiger partial charge in [-0.1, -0.05) is 30.3 Å². The van der Waals surface area contributed by atoms with Gasteiger partial charge in [-0.15, -0.1) is 0 Å². The molecule has 0 aliphatic carbocycles. The van der Waals surface area contributed by atoms with Gasteiger partial charge in [-0.3, -0.25) is 4.79 Å². The average molecular weight is 210 g/mol. The number of carbonyl (C=O) groups excluding carboxylic acids is 1. The summed E-state index contributed by atoms with van der Waals surface area (Å²) in [6, 6.07) is 8.89. The van der Waals surface area contributed by atoms with E-state index in [1.807, 2.05) is 6.07 Å². The van der Waals surface area contributed by atoms with Gasteiger partial charge in [0.15, 0.2) is 12.1 Å². The lowest BCUT2D eigenvalue weighted by atomic mass is 10.1. The van der Waals surface area contributed by atoms with Crippen LogP contribution in [0.15, 0.2) is 30.3 Å². The number of aliphatic hydroxyl groups is 1. The predicted molar refractivity (Wildman–Crippen MR) is 54.4 cm³/mol. The minimum absolute atomic E-state index is 0.0732. The molecule has 0 aliphatic rings. The maximum absolute atomic E-state index is 11.6. The molecule has 4 nitrogen and oxygen atoms in total. The summed E-state index contributed by atoms with van der Waals surface area (Å²) in [7, 11) is 1.43. The third-order valence-corrected chi connectivity index (χ3v) is 1.97. The summed E-state index contributed by atoms with van der Waals surface area (Å²) in [5, 5.41) is 8.54. The minimum atomic E-state index is -0.692. The normalized spacial score (nSPS) is 12.4. The van der Waals surface area contributed by atoms with Gasteiger partial charge in [0.1, 0.15) is 6.79 Å². The standard InChI is InChI=1S/C11H14O4/c1-14-11(15-8-12)7-10(13)9-5-3-2-4-6-9/h2-6,11-12H,7-8H2,1H3. The van der Waals surface area contributed by atoms with Crippen LogP contribution in [-0.2, 0) is 9.47 Å². The van der Waals surface area contributed by atoms with Crippen LogP contribution in [0, 0.1) is 0 Å². The van der Waals surface area contributed by atoms with E-state index in [0.29, 0.717) is 5.56 Å². The molecule has 1 aromatic rings. The Morgan fingerprint density at radius 1 is 1.40 bits per heavy atom. The van der Waals surface area contributed by atoms with Crippen molar-refractivity contribution in [2.75, 3.05) is 13.9 Å². The average Bonchev–Trinajstić information content (AvgIpc) is 2.29. The van der Waals surface area contributed by atoms with Crippen LogP contribution < -0.4 is 0 Å². The highest BCUT2D eigenvalue weighted by Gasteiger charge is 2.14. The lowest BCUT2D eigenvalue weighted by Gasteiger charge is -2.13. The second-order valence-corrected chi connectivity index (χ2v) is 2.95. The van der Waals surface area contributed by atoms with E-state index in [0.717, 1.165) is 0 Å². The Balaban J connectivity index is 2.55. The second kappa shape index (κ2) is 6.29. The van der Waals surface area contributed by atoms with Crippen molar-refractivity contribution in [1.29, 1.82) is 0 Å². The molecule has 0 bridgehead atoms. The van der Waals surface area contributed by atoms with Crippen LogP contribution in [0.2, 0.25) is 0 Å². The van der Waals surface area contributed by atoms with Crippen LogP contribution in [0.25, 0.3) is 0 Å². The van der Waals surface area contributed by atoms with Gasteiger partial charge in [0.2, 0.25) is 0 Å². The molecule has 0 spiro atoms. The molecular weight excluding hydrogens is 196 g/mol. The summed E-state index contributed by atoms with van der Waals surface area (Å²) in [5.41, 5.74) is 0.612. The number of hydrogen-bond acceptors (Lipinski definition) is 4. The van der Waals surface area contributed by atoms with Crippen molar-refractivity contribution in [3.05, 3.63) is 35.9 Å². The smallest absolute Gasteiger partial charge is 0.167 e. The van der Waals surface area contributed by atoms with E-state index < -0.39 is 13.1 Å². The van der Waals surface area contributed by atoms with Crippen LogP contribution in [0.3, 0.4) is 0 Å². The molecule has 0 amide bonds. The number of carbonyl (C=O) groups is 1. The van der Waals surface area contributed by atoms with E-state index in [1.54, 1.807) is 24.3 Å². The zero-order valence-electron chi connectivity index (χ0n) is 8.55. The van der Waals surface area contributed by atoms with Gasteiger partial charge >= 0.3 is 0 Å². The molecule has 15 heavy (non-hydrogen) atoms. The largest absolute Gasteiger partial charge is 0.371 e. The molecule has 82 valence electrons. The molecule has 1 atom stereocenters. The molecule has 0 radical (unpaired) electrons. The highest BCUT2D eigenvalue weighted by atomic mass is 16.7. The summed E-state index contributed by atoms with van der Waals surface area (Å²) in [4.78, 5) is 11.6. The van der Waals surface area contributed by atoms with Gasteiger partial charge in [-0.05, 0) is 0 Å². The first-order chi connectivity index (χ1) is 7.27. The highest BCUT2D eigenvalue weighted by Crippen LogP contribution is 2.07. The molecule has 1 unspecified atom stereocenters. The van der Waals surface area contributed by atoms with Crippen LogP contribution in [0.1, 0.15) is 16.8 Å². The van der Waals surface area contributed by atoms with E-state index in [9.17, 15) is 4.79 Å². The molecule has 1 N–H and O–H groups in total. The van der Waals surface area contributed by atoms with E-state index in [-0.39, 0.29) is 12.2 Å². The number of ketones is 1. The number of hydrogen-bond donors (Lipinski definition) is 1. The highest BCUT2D eigenvalue weighted by molar-refractivity contribution is 5.96. The summed E-state index contributed by atoms with van der Waals surface area (Å²) in [5.74, 6) is -0.0732. The Bertz CT molecular complexity index is 297. The first-order valence-electron chi connectivity index (χ1n) is 4.61. The van der Waals surface area contributed by atoms with Gasteiger partial charge in [0, 0.05) is 12.7 Å². The quantitative estimate of drug-likeness (QED) is 0.566. The molecule has 4 heteroatoms. The predicted octanol–water partition coefficient (Wildman–Crippen LogP) is 1.20. The van der Waals surface area contributed by atoms with Crippen LogP contribution in [0.4, 0.5) is 0 Å². The summed E-state index contributed by atoms with van der Waals surface area (Å²) in [6.45, 7) is -0.458. The maximum atomic E-state index is 11.6. The fourth-order valence-corrected chi connectivity index (χ4v) is 1.19. The minimum Gasteiger partial charge on any atom is -0.371 e. The topological polar surface area (TPSA) is 55.8 Å². The van der Waals surface area contributed by atoms with Crippen molar-refractivity contribution in [3.8, 4) is 0 Å². The Morgan fingerprint density at radius 2 is 2.07 bits per heavy atom. The Morgan fingerprint density at radius 3 is 2.60 bits per heavy atom. The van der Waals surface area contributed by atoms with Gasteiger partial charge in [0.25, 0.3) is 0 Å². The lowest BCUT2D eigenvalue weighted by Crippen LogP contribution is -2.20. The molecule has 0 saturated heterocycles. The lowest BCUT2D eigenvalue weighted by molar-refractivity contribution is -0.164.